The minimum atomic E-state index is 0.685. The van der Waals surface area contributed by atoms with Gasteiger partial charge in [0.15, 0.2) is 0 Å². The first-order chi connectivity index (χ1) is 8.41. The smallest absolute Gasteiger partial charge is 0.281 e. The minimum absolute atomic E-state index is 0.685. The first-order valence-corrected chi connectivity index (χ1v) is 6.19. The van der Waals surface area contributed by atoms with Gasteiger partial charge < -0.3 is 14.8 Å². The molecule has 0 amide bonds. The SMILES string of the molecule is [OH+]=CCCCOCCNCCOCCCC=[OH+]. The second kappa shape index (κ2) is 15.2. The molecule has 3 N–H and O–H groups in total. The highest BCUT2D eigenvalue weighted by Crippen LogP contribution is 1.86. The third kappa shape index (κ3) is 15.2. The van der Waals surface area contributed by atoms with E-state index in [-0.39, 0.29) is 0 Å². The first-order valence-electron chi connectivity index (χ1n) is 6.19. The summed E-state index contributed by atoms with van der Waals surface area (Å²) >= 11 is 0. The van der Waals surface area contributed by atoms with Gasteiger partial charge in [0.25, 0.3) is 12.6 Å². The maximum atomic E-state index is 8.42. The summed E-state index contributed by atoms with van der Waals surface area (Å²) in [6, 6.07) is 0. The number of hydrogen-bond donors (Lipinski definition) is 1. The molecule has 0 aromatic heterocycles. The summed E-state index contributed by atoms with van der Waals surface area (Å²) in [5.41, 5.74) is 0. The lowest BCUT2D eigenvalue weighted by Gasteiger charge is -2.06. The van der Waals surface area contributed by atoms with Gasteiger partial charge >= 0.3 is 0 Å². The topological polar surface area (TPSA) is 73.3 Å². The van der Waals surface area contributed by atoms with Crippen LogP contribution in [0, 0.1) is 0 Å². The highest BCUT2D eigenvalue weighted by molar-refractivity contribution is 5.50. The summed E-state index contributed by atoms with van der Waals surface area (Å²) in [5.74, 6) is 0. The van der Waals surface area contributed by atoms with Crippen molar-refractivity contribution in [3.63, 3.8) is 0 Å². The van der Waals surface area contributed by atoms with Crippen LogP contribution in [0.3, 0.4) is 0 Å². The fourth-order valence-electron chi connectivity index (χ4n) is 1.17. The molecular formula is C12H25NO4+2. The average Bonchev–Trinajstić information content (AvgIpc) is 2.35. The molecule has 100 valence electrons. The maximum Gasteiger partial charge on any atom is 0.281 e. The Morgan fingerprint density at radius 1 is 0.765 bits per heavy atom. The van der Waals surface area contributed by atoms with Crippen LogP contribution in [-0.2, 0) is 9.47 Å². The van der Waals surface area contributed by atoms with Crippen molar-refractivity contribution < 1.29 is 19.1 Å². The second-order valence-corrected chi connectivity index (χ2v) is 3.62. The number of ether oxygens (including phenoxy) is 2. The van der Waals surface area contributed by atoms with Crippen LogP contribution in [0.5, 0.6) is 0 Å². The molecule has 0 spiro atoms. The van der Waals surface area contributed by atoms with Crippen molar-refractivity contribution in [2.75, 3.05) is 39.5 Å². The van der Waals surface area contributed by atoms with Crippen molar-refractivity contribution in [1.82, 2.24) is 5.32 Å². The first kappa shape index (κ1) is 16.2. The number of aldehydes is 2. The Bertz CT molecular complexity index is 158. The van der Waals surface area contributed by atoms with E-state index < -0.39 is 0 Å². The van der Waals surface area contributed by atoms with E-state index in [9.17, 15) is 0 Å². The largest absolute Gasteiger partial charge is 0.380 e. The van der Waals surface area contributed by atoms with Crippen LogP contribution in [0.4, 0.5) is 0 Å². The molecule has 0 aromatic carbocycles. The predicted molar refractivity (Wildman–Crippen MR) is 69.0 cm³/mol. The molecule has 0 aliphatic carbocycles. The van der Waals surface area contributed by atoms with E-state index in [1.807, 2.05) is 0 Å². The zero-order valence-electron chi connectivity index (χ0n) is 10.4. The zero-order valence-corrected chi connectivity index (χ0v) is 10.4. The fraction of sp³-hybridized carbons (Fsp3) is 0.833. The third-order valence-corrected chi connectivity index (χ3v) is 2.09. The quantitative estimate of drug-likeness (QED) is 0.276. The fourth-order valence-corrected chi connectivity index (χ4v) is 1.17. The molecule has 5 nitrogen and oxygen atoms in total. The lowest BCUT2D eigenvalue weighted by Crippen LogP contribution is -2.24. The molecule has 0 bridgehead atoms. The normalized spacial score (nSPS) is 10.4. The van der Waals surface area contributed by atoms with Gasteiger partial charge in [-0.25, -0.2) is 0 Å². The standard InChI is InChI=1S/C12H23NO4/c14-7-1-3-9-16-11-5-13-6-12-17-10-4-2-8-15/h7-8,13H,1-6,9-12H2/p+2. The van der Waals surface area contributed by atoms with Crippen molar-refractivity contribution in [1.29, 1.82) is 0 Å². The Balaban J connectivity index is 2.89. The van der Waals surface area contributed by atoms with E-state index in [0.717, 1.165) is 38.5 Å². The van der Waals surface area contributed by atoms with Crippen molar-refractivity contribution in [3.05, 3.63) is 0 Å². The van der Waals surface area contributed by atoms with Gasteiger partial charge in [-0.3, -0.25) is 9.59 Å². The lowest BCUT2D eigenvalue weighted by atomic mass is 10.3. The number of carbonyl (C=O) groups excluding carboxylic acids is 2. The van der Waals surface area contributed by atoms with Crippen molar-refractivity contribution in [3.8, 4) is 0 Å². The van der Waals surface area contributed by atoms with Crippen LogP contribution in [0.1, 0.15) is 25.7 Å². The highest BCUT2D eigenvalue weighted by Gasteiger charge is 1.92. The summed E-state index contributed by atoms with van der Waals surface area (Å²) in [6.07, 6.45) is 5.42. The summed E-state index contributed by atoms with van der Waals surface area (Å²) in [4.78, 5) is 16.8. The summed E-state index contributed by atoms with van der Waals surface area (Å²) in [7, 11) is 0. The van der Waals surface area contributed by atoms with E-state index in [1.54, 1.807) is 0 Å². The number of nitrogens with one attached hydrogen (secondary N) is 1. The van der Waals surface area contributed by atoms with E-state index in [4.69, 9.17) is 19.1 Å². The Hall–Kier alpha value is -0.780. The number of rotatable bonds is 14. The van der Waals surface area contributed by atoms with E-state index in [1.165, 1.54) is 0 Å². The van der Waals surface area contributed by atoms with Gasteiger partial charge in [-0.2, -0.15) is 0 Å². The molecular weight excluding hydrogens is 222 g/mol. The van der Waals surface area contributed by atoms with Crippen molar-refractivity contribution in [2.24, 2.45) is 0 Å². The highest BCUT2D eigenvalue weighted by atomic mass is 16.5. The van der Waals surface area contributed by atoms with Gasteiger partial charge in [0.05, 0.1) is 26.1 Å². The van der Waals surface area contributed by atoms with Gasteiger partial charge in [-0.1, -0.05) is 0 Å². The van der Waals surface area contributed by atoms with E-state index in [2.05, 4.69) is 5.32 Å². The molecule has 0 saturated heterocycles. The van der Waals surface area contributed by atoms with Crippen LogP contribution in [0.15, 0.2) is 0 Å². The Morgan fingerprint density at radius 3 is 1.65 bits per heavy atom. The molecule has 0 rings (SSSR count). The van der Waals surface area contributed by atoms with Crippen LogP contribution in [0.25, 0.3) is 0 Å². The molecule has 0 saturated carbocycles. The number of unbranched alkanes of at least 4 members (excludes halogenated alkanes) is 2. The van der Waals surface area contributed by atoms with E-state index in [0.29, 0.717) is 39.3 Å². The van der Waals surface area contributed by atoms with Gasteiger partial charge in [-0.05, 0) is 12.8 Å². The molecule has 17 heavy (non-hydrogen) atoms. The van der Waals surface area contributed by atoms with Crippen LogP contribution < -0.4 is 5.32 Å². The maximum absolute atomic E-state index is 8.42. The third-order valence-electron chi connectivity index (χ3n) is 2.09. The van der Waals surface area contributed by atoms with Crippen LogP contribution in [0.2, 0.25) is 0 Å². The Labute approximate surface area is 103 Å². The molecule has 0 radical (unpaired) electrons. The monoisotopic (exact) mass is 247 g/mol. The minimum Gasteiger partial charge on any atom is -0.380 e. The zero-order chi connectivity index (χ0) is 12.6. The molecule has 0 aliphatic heterocycles. The number of hydrogen-bond acceptors (Lipinski definition) is 3. The van der Waals surface area contributed by atoms with Crippen molar-refractivity contribution >= 4 is 12.6 Å². The summed E-state index contributed by atoms with van der Waals surface area (Å²) in [6.45, 7) is 4.38. The molecule has 0 unspecified atom stereocenters. The molecule has 0 aromatic rings. The van der Waals surface area contributed by atoms with Gasteiger partial charge in [-0.15, -0.1) is 0 Å². The lowest BCUT2D eigenvalue weighted by molar-refractivity contribution is 0.120. The molecule has 0 fully saturated rings. The average molecular weight is 247 g/mol. The van der Waals surface area contributed by atoms with Crippen LogP contribution >= 0.6 is 0 Å². The molecule has 0 heterocycles. The summed E-state index contributed by atoms with van der Waals surface area (Å²) < 4.78 is 10.7. The predicted octanol–water partition coefficient (Wildman–Crippen LogP) is 0.519. The van der Waals surface area contributed by atoms with Crippen molar-refractivity contribution in [2.45, 2.75) is 25.7 Å². The summed E-state index contributed by atoms with van der Waals surface area (Å²) in [5, 5.41) is 3.20. The van der Waals surface area contributed by atoms with E-state index >= 15 is 0 Å². The Morgan fingerprint density at radius 2 is 1.24 bits per heavy atom. The van der Waals surface area contributed by atoms with Gasteiger partial charge in [0, 0.05) is 26.3 Å². The molecule has 0 aliphatic rings. The molecule has 5 heteroatoms. The molecule has 0 atom stereocenters. The van der Waals surface area contributed by atoms with Gasteiger partial charge in [0.2, 0.25) is 0 Å². The Kier molecular flexibility index (Phi) is 14.5. The second-order valence-electron chi connectivity index (χ2n) is 3.62. The van der Waals surface area contributed by atoms with Crippen LogP contribution in [-0.4, -0.2) is 61.7 Å². The van der Waals surface area contributed by atoms with Gasteiger partial charge in [0.1, 0.15) is 0 Å².